The summed E-state index contributed by atoms with van der Waals surface area (Å²) in [5.74, 6) is 0. The third-order valence-corrected chi connectivity index (χ3v) is 18.2. The van der Waals surface area contributed by atoms with E-state index in [1.807, 2.05) is 6.20 Å². The lowest BCUT2D eigenvalue weighted by Gasteiger charge is -2.38. The summed E-state index contributed by atoms with van der Waals surface area (Å²) in [7, 11) is 2.08. The van der Waals surface area contributed by atoms with Gasteiger partial charge >= 0.3 is 0 Å². The summed E-state index contributed by atoms with van der Waals surface area (Å²) in [6, 6.07) is 72.2. The van der Waals surface area contributed by atoms with Crippen molar-refractivity contribution in [2.45, 2.75) is 71.8 Å². The summed E-state index contributed by atoms with van der Waals surface area (Å²) in [6.07, 6.45) is 10.2. The van der Waals surface area contributed by atoms with Gasteiger partial charge < -0.3 is 9.13 Å². The van der Waals surface area contributed by atoms with Crippen LogP contribution in [0.1, 0.15) is 106 Å². The second kappa shape index (κ2) is 16.9. The van der Waals surface area contributed by atoms with Crippen LogP contribution >= 0.6 is 0 Å². The molecule has 0 amide bonds. The van der Waals surface area contributed by atoms with Gasteiger partial charge in [0.05, 0.1) is 23.6 Å². The Labute approximate surface area is 453 Å². The van der Waals surface area contributed by atoms with Crippen molar-refractivity contribution in [2.75, 3.05) is 0 Å². The first-order chi connectivity index (χ1) is 37.4. The zero-order chi connectivity index (χ0) is 52.7. The summed E-state index contributed by atoms with van der Waals surface area (Å²) in [5.41, 5.74) is 31.7. The fourth-order valence-electron chi connectivity index (χ4n) is 15.1. The maximum atomic E-state index is 5.55. The second-order valence-electron chi connectivity index (χ2n) is 22.4. The molecule has 0 saturated carbocycles. The highest BCUT2D eigenvalue weighted by Crippen LogP contribution is 2.62. The maximum absolute atomic E-state index is 5.55. The molecule has 0 radical (unpaired) electrons. The molecule has 3 nitrogen and oxygen atoms in total. The van der Waals surface area contributed by atoms with E-state index in [-0.39, 0.29) is 0 Å². The molecular weight excluding hydrogens is 931 g/mol. The van der Waals surface area contributed by atoms with Gasteiger partial charge in [-0.15, -0.1) is 0 Å². The van der Waals surface area contributed by atoms with Crippen molar-refractivity contribution in [3.63, 3.8) is 0 Å². The first-order valence-corrected chi connectivity index (χ1v) is 27.2. The van der Waals surface area contributed by atoms with Gasteiger partial charge in [-0.1, -0.05) is 170 Å². The zero-order valence-corrected chi connectivity index (χ0v) is 45.5. The molecule has 0 fully saturated rings. The fourth-order valence-corrected chi connectivity index (χ4v) is 15.1. The summed E-state index contributed by atoms with van der Waals surface area (Å²) in [5, 5.41) is 0. The Hall–Kier alpha value is -8.66. The molecule has 3 aliphatic rings. The highest BCUT2D eigenvalue weighted by Gasteiger charge is 2.54. The Morgan fingerprint density at radius 2 is 0.701 bits per heavy atom. The number of rotatable bonds is 7. The standard InChI is InChI=1S/C74H61N3/c1-45-19-10-20-46(2)65(45)53-37-38-75-64(41-53)73(60-33-13-23-49(5)68(60)69-50(6)24-14-34-61(69)73)56-29-17-27-54(42-56)72(58-31-11-21-47(3)66(58)67-48(4)22-12-32-59(67)72)55-28-18-30-57(43-55)74(77-40-39-76(9)44-77)62-35-15-25-51(7)70(62)71-52(8)26-16-36-63(71)74/h10-43H,1-9H3. The summed E-state index contributed by atoms with van der Waals surface area (Å²) >= 11 is 0. The molecule has 14 rings (SSSR count). The molecule has 0 saturated heterocycles. The molecule has 0 N–H and O–H groups in total. The SMILES string of the molecule is Cc1cccc(C)c1-c1ccnc(C2(c3cccc(C4(c5cccc(C6(n7[c-][n+](C)cc7)c7cccc(C)c7-c7c(C)cccc76)c5)c5cccc(C)c5-c5c(C)cccc54)c3)c3cccc(C)c3-c3c(C)cccc32)c1. The molecule has 2 aromatic heterocycles. The largest absolute Gasteiger partial charge is 0.354 e. The summed E-state index contributed by atoms with van der Waals surface area (Å²) in [4.78, 5) is 5.55. The Balaban J connectivity index is 1.11. The molecular formula is C74H61N3. The highest BCUT2D eigenvalue weighted by molar-refractivity contribution is 5.93. The molecule has 3 aliphatic carbocycles. The number of aryl methyl sites for hydroxylation is 9. The Bertz CT molecular complexity index is 4120. The van der Waals surface area contributed by atoms with Crippen molar-refractivity contribution in [3.05, 3.63) is 319 Å². The smallest absolute Gasteiger partial charge is 0.204 e. The molecule has 0 atom stereocenters. The topological polar surface area (TPSA) is 21.7 Å². The maximum Gasteiger partial charge on any atom is 0.204 e. The van der Waals surface area contributed by atoms with Crippen LogP contribution in [0.25, 0.3) is 44.5 Å². The van der Waals surface area contributed by atoms with Crippen LogP contribution in [0, 0.1) is 61.7 Å². The van der Waals surface area contributed by atoms with Crippen LogP contribution < -0.4 is 4.57 Å². The summed E-state index contributed by atoms with van der Waals surface area (Å²) in [6.45, 7) is 18.2. The third-order valence-electron chi connectivity index (χ3n) is 18.2. The molecule has 3 heteroatoms. The van der Waals surface area contributed by atoms with Crippen molar-refractivity contribution in [1.82, 2.24) is 9.55 Å². The molecule has 77 heavy (non-hydrogen) atoms. The van der Waals surface area contributed by atoms with Gasteiger partial charge in [0.2, 0.25) is 6.33 Å². The van der Waals surface area contributed by atoms with E-state index in [1.165, 1.54) is 145 Å². The number of nitrogens with zero attached hydrogens (tertiary/aromatic N) is 3. The molecule has 0 unspecified atom stereocenters. The number of imidazole rings is 1. The molecule has 0 spiro atoms. The quantitative estimate of drug-likeness (QED) is 0.115. The monoisotopic (exact) mass is 991 g/mol. The molecule has 2 heterocycles. The van der Waals surface area contributed by atoms with Crippen LogP contribution in [0.15, 0.2) is 207 Å². The van der Waals surface area contributed by atoms with E-state index in [2.05, 4.69) is 278 Å². The minimum Gasteiger partial charge on any atom is -0.354 e. The van der Waals surface area contributed by atoms with Gasteiger partial charge in [-0.3, -0.25) is 4.98 Å². The number of benzene rings is 9. The normalized spacial score (nSPS) is 14.6. The van der Waals surface area contributed by atoms with Crippen molar-refractivity contribution < 1.29 is 4.57 Å². The van der Waals surface area contributed by atoms with Crippen molar-refractivity contribution in [2.24, 2.45) is 7.05 Å². The predicted molar refractivity (Wildman–Crippen MR) is 314 cm³/mol. The van der Waals surface area contributed by atoms with Gasteiger partial charge in [0.15, 0.2) is 5.54 Å². The van der Waals surface area contributed by atoms with E-state index in [0.717, 1.165) is 5.69 Å². The molecule has 0 aliphatic heterocycles. The lowest BCUT2D eigenvalue weighted by Crippen LogP contribution is -2.38. The molecule has 9 aromatic carbocycles. The third kappa shape index (κ3) is 6.14. The van der Waals surface area contributed by atoms with E-state index in [0.29, 0.717) is 0 Å². The van der Waals surface area contributed by atoms with Crippen molar-refractivity contribution in [3.8, 4) is 44.5 Å². The lowest BCUT2D eigenvalue weighted by atomic mass is 9.64. The Kier molecular flexibility index (Phi) is 10.3. The molecule has 0 bridgehead atoms. The minimum absolute atomic E-state index is 0.727. The zero-order valence-electron chi connectivity index (χ0n) is 45.5. The molecule has 372 valence electrons. The fraction of sp³-hybridized carbons (Fsp3) is 0.162. The van der Waals surface area contributed by atoms with E-state index in [9.17, 15) is 0 Å². The minimum atomic E-state index is -0.769. The van der Waals surface area contributed by atoms with Gasteiger partial charge in [0.25, 0.3) is 0 Å². The van der Waals surface area contributed by atoms with Gasteiger partial charge in [0, 0.05) is 22.9 Å². The number of hydrogen-bond donors (Lipinski definition) is 0. The number of fused-ring (bicyclic) bond motifs is 9. The van der Waals surface area contributed by atoms with Gasteiger partial charge in [-0.25, -0.2) is 0 Å². The van der Waals surface area contributed by atoms with Crippen LogP contribution in [0.4, 0.5) is 0 Å². The number of aromatic nitrogens is 3. The average Bonchev–Trinajstić information content (AvgIpc) is 4.03. The van der Waals surface area contributed by atoms with E-state index < -0.39 is 16.4 Å². The van der Waals surface area contributed by atoms with Gasteiger partial charge in [-0.2, -0.15) is 0 Å². The van der Waals surface area contributed by atoms with E-state index in [4.69, 9.17) is 4.98 Å². The van der Waals surface area contributed by atoms with Crippen LogP contribution in [0.3, 0.4) is 0 Å². The van der Waals surface area contributed by atoms with E-state index in [1.54, 1.807) is 0 Å². The van der Waals surface area contributed by atoms with Crippen LogP contribution in [-0.4, -0.2) is 9.55 Å². The van der Waals surface area contributed by atoms with Gasteiger partial charge in [-0.05, 0) is 214 Å². The molecule has 11 aromatic rings. The van der Waals surface area contributed by atoms with Crippen molar-refractivity contribution >= 4 is 0 Å². The second-order valence-corrected chi connectivity index (χ2v) is 22.4. The van der Waals surface area contributed by atoms with Crippen LogP contribution in [-0.2, 0) is 23.4 Å². The Morgan fingerprint density at radius 3 is 1.13 bits per heavy atom. The van der Waals surface area contributed by atoms with Crippen molar-refractivity contribution in [1.29, 1.82) is 0 Å². The summed E-state index contributed by atoms with van der Waals surface area (Å²) < 4.78 is 4.40. The van der Waals surface area contributed by atoms with Gasteiger partial charge in [0.1, 0.15) is 0 Å². The van der Waals surface area contributed by atoms with Crippen LogP contribution in [0.5, 0.6) is 0 Å². The van der Waals surface area contributed by atoms with E-state index >= 15 is 0 Å². The highest BCUT2D eigenvalue weighted by atomic mass is 15.2. The van der Waals surface area contributed by atoms with Crippen LogP contribution in [0.2, 0.25) is 0 Å². The number of hydrogen-bond acceptors (Lipinski definition) is 1. The first-order valence-electron chi connectivity index (χ1n) is 27.2. The lowest BCUT2D eigenvalue weighted by molar-refractivity contribution is -0.675. The predicted octanol–water partition coefficient (Wildman–Crippen LogP) is 16.2. The first kappa shape index (κ1) is 46.8. The average molecular weight is 992 g/mol. The Morgan fingerprint density at radius 1 is 0.364 bits per heavy atom. The number of pyridine rings is 1.